The van der Waals surface area contributed by atoms with Crippen LogP contribution in [0.1, 0.15) is 36.6 Å². The molecule has 3 aromatic heterocycles. The van der Waals surface area contributed by atoms with Gasteiger partial charge in [-0.2, -0.15) is 19.6 Å². The van der Waals surface area contributed by atoms with E-state index in [1.807, 2.05) is 32.3 Å². The van der Waals surface area contributed by atoms with Gasteiger partial charge in [-0.05, 0) is 51.5 Å². The maximum Gasteiger partial charge on any atom is 0.326 e. The van der Waals surface area contributed by atoms with Crippen LogP contribution in [0.5, 0.6) is 5.88 Å². The number of nitrogens with one attached hydrogen (secondary N) is 3. The quantitative estimate of drug-likeness (QED) is 0.301. The number of aromatic nitrogens is 6. The first-order valence-electron chi connectivity index (χ1n) is 11.2. The number of fused-ring (bicyclic) bond motifs is 1. The van der Waals surface area contributed by atoms with E-state index in [0.717, 1.165) is 31.4 Å². The van der Waals surface area contributed by atoms with Gasteiger partial charge in [0.25, 0.3) is 5.62 Å². The van der Waals surface area contributed by atoms with Crippen molar-refractivity contribution in [3.05, 3.63) is 69.1 Å². The van der Waals surface area contributed by atoms with E-state index in [2.05, 4.69) is 42.4 Å². The number of nitrogens with zero attached hydrogens (tertiary/aromatic N) is 6. The second-order valence-corrected chi connectivity index (χ2v) is 8.73. The first-order chi connectivity index (χ1) is 16.5. The average molecular weight is 462 g/mol. The molecule has 1 aliphatic rings. The van der Waals surface area contributed by atoms with Crippen LogP contribution >= 0.6 is 0 Å². The molecule has 0 radical (unpaired) electrons. The van der Waals surface area contributed by atoms with Gasteiger partial charge >= 0.3 is 5.69 Å². The second-order valence-electron chi connectivity index (χ2n) is 8.73. The Balaban J connectivity index is 1.60. The molecule has 11 nitrogen and oxygen atoms in total. The Morgan fingerprint density at radius 2 is 2.06 bits per heavy atom. The zero-order chi connectivity index (χ0) is 23.7. The van der Waals surface area contributed by atoms with Crippen LogP contribution in [0.3, 0.4) is 0 Å². The van der Waals surface area contributed by atoms with Crippen LogP contribution in [0, 0.1) is 0 Å². The van der Waals surface area contributed by atoms with E-state index in [1.54, 1.807) is 16.8 Å². The number of benzene rings is 1. The summed E-state index contributed by atoms with van der Waals surface area (Å²) in [7, 11) is 4.10. The molecule has 0 saturated heterocycles. The average Bonchev–Trinajstić information content (AvgIpc) is 3.45. The van der Waals surface area contributed by atoms with Crippen LogP contribution in [0.4, 0.5) is 5.95 Å². The first kappa shape index (κ1) is 21.8. The third-order valence-corrected chi connectivity index (χ3v) is 5.63. The highest BCUT2D eigenvalue weighted by atomic mass is 16.3. The summed E-state index contributed by atoms with van der Waals surface area (Å²) in [5.41, 5.74) is 1.90. The summed E-state index contributed by atoms with van der Waals surface area (Å²) in [4.78, 5) is 32.7. The van der Waals surface area contributed by atoms with Gasteiger partial charge < -0.3 is 20.3 Å². The van der Waals surface area contributed by atoms with E-state index < -0.39 is 5.69 Å². The molecule has 0 spiro atoms. The van der Waals surface area contributed by atoms with Gasteiger partial charge in [0.1, 0.15) is 5.69 Å². The molecule has 176 valence electrons. The van der Waals surface area contributed by atoms with Crippen molar-refractivity contribution in [2.45, 2.75) is 31.3 Å². The van der Waals surface area contributed by atoms with E-state index in [-0.39, 0.29) is 23.7 Å². The zero-order valence-corrected chi connectivity index (χ0v) is 19.1. The normalized spacial score (nSPS) is 16.0. The predicted octanol–water partition coefficient (Wildman–Crippen LogP) is 0.562. The number of anilines is 1. The molecule has 1 aliphatic carbocycles. The number of aromatic amines is 2. The van der Waals surface area contributed by atoms with Gasteiger partial charge in [-0.25, -0.2) is 9.79 Å². The van der Waals surface area contributed by atoms with Gasteiger partial charge in [-0.15, -0.1) is 0 Å². The Morgan fingerprint density at radius 3 is 2.74 bits per heavy atom. The Bertz CT molecular complexity index is 1470. The predicted molar refractivity (Wildman–Crippen MR) is 127 cm³/mol. The van der Waals surface area contributed by atoms with Gasteiger partial charge in [0.05, 0.1) is 18.3 Å². The van der Waals surface area contributed by atoms with Crippen LogP contribution in [-0.2, 0) is 0 Å². The van der Waals surface area contributed by atoms with Crippen LogP contribution in [0.15, 0.2) is 46.3 Å². The Morgan fingerprint density at radius 1 is 1.26 bits per heavy atom. The zero-order valence-electron chi connectivity index (χ0n) is 19.1. The lowest BCUT2D eigenvalue weighted by Gasteiger charge is -2.21. The lowest BCUT2D eigenvalue weighted by atomic mass is 10.0. The molecule has 5 rings (SSSR count). The van der Waals surface area contributed by atoms with Crippen molar-refractivity contribution in [1.82, 2.24) is 34.4 Å². The minimum atomic E-state index is -0.492. The highest BCUT2D eigenvalue weighted by molar-refractivity contribution is 5.57. The summed E-state index contributed by atoms with van der Waals surface area (Å²) < 4.78 is 1.59. The molecule has 0 amide bonds. The lowest BCUT2D eigenvalue weighted by molar-refractivity contribution is 0.387. The van der Waals surface area contributed by atoms with Gasteiger partial charge in [0.2, 0.25) is 11.8 Å². The standard InChI is InChI=1S/C23H27N9O2/c1-31(2)11-10-17(14-6-4-3-5-7-14)26-21-28-19-15(12-18-20(33)29-23(34)27-18)13-24-32(19)22(30-21)25-16-8-9-16/h3-7,12-13,16-17,33H,8-11H2,1-2H3,(H,25,26,30)(H2,27,29,34). The van der Waals surface area contributed by atoms with Gasteiger partial charge in [0, 0.05) is 5.22 Å². The summed E-state index contributed by atoms with van der Waals surface area (Å²) in [5.74, 6) is 0.203. The Labute approximate surface area is 194 Å². The van der Waals surface area contributed by atoms with E-state index in [1.165, 1.54) is 0 Å². The smallest absolute Gasteiger partial charge is 0.326 e. The maximum atomic E-state index is 11.5. The van der Waals surface area contributed by atoms with E-state index in [9.17, 15) is 9.90 Å². The van der Waals surface area contributed by atoms with Crippen molar-refractivity contribution in [2.24, 2.45) is 4.99 Å². The van der Waals surface area contributed by atoms with Crippen LogP contribution in [0.25, 0.3) is 11.7 Å². The molecular weight excluding hydrogens is 434 g/mol. The third kappa shape index (κ3) is 4.84. The van der Waals surface area contributed by atoms with E-state index >= 15 is 0 Å². The monoisotopic (exact) mass is 461 g/mol. The number of imidazole rings is 1. The molecular formula is C23H27N9O2. The second kappa shape index (κ2) is 9.10. The highest BCUT2D eigenvalue weighted by Gasteiger charge is 2.21. The molecule has 3 heterocycles. The summed E-state index contributed by atoms with van der Waals surface area (Å²) in [5, 5.41) is 18.5. The Hall–Kier alpha value is -3.99. The van der Waals surface area contributed by atoms with Crippen LogP contribution < -0.4 is 21.8 Å². The SMILES string of the molecule is CN(C)CCC(Nc1nc(=NC2CC2)n2ncc(=Cc3[nH]c(=O)[nH]c3O)c2n1)c1ccccc1. The number of hydrogen-bond donors (Lipinski definition) is 4. The lowest BCUT2D eigenvalue weighted by Crippen LogP contribution is -2.27. The summed E-state index contributed by atoms with van der Waals surface area (Å²) in [6.45, 7) is 0.889. The van der Waals surface area contributed by atoms with Crippen LogP contribution in [0.2, 0.25) is 0 Å². The third-order valence-electron chi connectivity index (χ3n) is 5.63. The van der Waals surface area contributed by atoms with Crippen molar-refractivity contribution in [3.8, 4) is 5.88 Å². The summed E-state index contributed by atoms with van der Waals surface area (Å²) in [6.07, 6.45) is 6.15. The minimum absolute atomic E-state index is 0.000231. The number of H-pyrrole nitrogens is 2. The molecule has 1 fully saturated rings. The maximum absolute atomic E-state index is 11.5. The van der Waals surface area contributed by atoms with Gasteiger partial charge in [-0.3, -0.25) is 4.98 Å². The Kier molecular flexibility index (Phi) is 5.84. The molecule has 1 atom stereocenters. The number of aromatic hydroxyl groups is 1. The fourth-order valence-electron chi connectivity index (χ4n) is 3.70. The number of hydrogen-bond acceptors (Lipinski definition) is 8. The largest absolute Gasteiger partial charge is 0.493 e. The van der Waals surface area contributed by atoms with E-state index in [0.29, 0.717) is 22.4 Å². The molecule has 0 bridgehead atoms. The van der Waals surface area contributed by atoms with Crippen molar-refractivity contribution >= 4 is 17.7 Å². The van der Waals surface area contributed by atoms with Gasteiger partial charge in [0.15, 0.2) is 5.65 Å². The van der Waals surface area contributed by atoms with Crippen molar-refractivity contribution < 1.29 is 5.11 Å². The summed E-state index contributed by atoms with van der Waals surface area (Å²) in [6, 6.07) is 10.5. The fourth-order valence-corrected chi connectivity index (χ4v) is 3.70. The molecule has 0 aliphatic heterocycles. The van der Waals surface area contributed by atoms with Crippen LogP contribution in [-0.4, -0.2) is 66.2 Å². The highest BCUT2D eigenvalue weighted by Crippen LogP contribution is 2.23. The molecule has 34 heavy (non-hydrogen) atoms. The fraction of sp³-hybridized carbons (Fsp3) is 0.348. The molecule has 4 N–H and O–H groups in total. The van der Waals surface area contributed by atoms with Crippen molar-refractivity contribution in [3.63, 3.8) is 0 Å². The molecule has 1 unspecified atom stereocenters. The van der Waals surface area contributed by atoms with Crippen molar-refractivity contribution in [1.29, 1.82) is 0 Å². The van der Waals surface area contributed by atoms with E-state index in [4.69, 9.17) is 9.98 Å². The summed E-state index contributed by atoms with van der Waals surface area (Å²) >= 11 is 0. The molecule has 4 aromatic rings. The molecule has 11 heteroatoms. The van der Waals surface area contributed by atoms with Crippen molar-refractivity contribution in [2.75, 3.05) is 26.0 Å². The van der Waals surface area contributed by atoms with Gasteiger partial charge in [-0.1, -0.05) is 30.3 Å². The minimum Gasteiger partial charge on any atom is -0.493 e. The first-order valence-corrected chi connectivity index (χ1v) is 11.2. The molecule has 1 aromatic carbocycles. The topological polar surface area (TPSA) is 140 Å². The molecule has 1 saturated carbocycles. The number of rotatable bonds is 8.